The highest BCUT2D eigenvalue weighted by atomic mass is 16.2. The van der Waals surface area contributed by atoms with E-state index < -0.39 is 0 Å². The maximum atomic E-state index is 12.8. The van der Waals surface area contributed by atoms with E-state index in [1.807, 2.05) is 0 Å². The normalized spacial score (nSPS) is 40.1. The summed E-state index contributed by atoms with van der Waals surface area (Å²) in [4.78, 5) is 14.9. The zero-order valence-corrected chi connectivity index (χ0v) is 12.8. The van der Waals surface area contributed by atoms with Gasteiger partial charge in [-0.2, -0.15) is 0 Å². The third kappa shape index (κ3) is 1.84. The van der Waals surface area contributed by atoms with Crippen molar-refractivity contribution in [3.8, 4) is 0 Å². The Morgan fingerprint density at radius 3 is 2.21 bits per heavy atom. The van der Waals surface area contributed by atoms with Gasteiger partial charge in [-0.1, -0.05) is 27.7 Å². The molecule has 0 aromatic rings. The Balaban J connectivity index is 1.68. The van der Waals surface area contributed by atoms with Gasteiger partial charge in [-0.3, -0.25) is 4.79 Å². The molecule has 3 fully saturated rings. The molecule has 3 aliphatic rings. The molecule has 0 radical (unpaired) electrons. The van der Waals surface area contributed by atoms with Crippen molar-refractivity contribution in [3.05, 3.63) is 0 Å². The van der Waals surface area contributed by atoms with Crippen molar-refractivity contribution >= 4 is 5.91 Å². The van der Waals surface area contributed by atoms with E-state index in [0.717, 1.165) is 25.9 Å². The first-order valence-electron chi connectivity index (χ1n) is 7.79. The third-order valence-electron chi connectivity index (χ3n) is 6.67. The molecule has 3 rings (SSSR count). The van der Waals surface area contributed by atoms with Crippen LogP contribution in [0.3, 0.4) is 0 Å². The highest BCUT2D eigenvalue weighted by Crippen LogP contribution is 2.69. The number of carbonyl (C=O) groups is 1. The Kier molecular flexibility index (Phi) is 2.80. The van der Waals surface area contributed by atoms with Crippen molar-refractivity contribution in [1.82, 2.24) is 4.90 Å². The zero-order chi connectivity index (χ0) is 14.0. The molecule has 108 valence electrons. The lowest BCUT2D eigenvalue weighted by atomic mass is 9.79. The van der Waals surface area contributed by atoms with E-state index >= 15 is 0 Å². The monoisotopic (exact) mass is 264 g/mol. The van der Waals surface area contributed by atoms with Crippen LogP contribution in [-0.4, -0.2) is 29.9 Å². The number of nitrogens with zero attached hydrogens (tertiary/aromatic N) is 1. The molecule has 0 bridgehead atoms. The molecular formula is C16H28N2O. The van der Waals surface area contributed by atoms with Crippen LogP contribution in [0.25, 0.3) is 0 Å². The lowest BCUT2D eigenvalue weighted by Gasteiger charge is -2.27. The fraction of sp³-hybridized carbons (Fsp3) is 0.938. The van der Waals surface area contributed by atoms with Gasteiger partial charge in [-0.15, -0.1) is 0 Å². The van der Waals surface area contributed by atoms with E-state index in [1.165, 1.54) is 6.42 Å². The van der Waals surface area contributed by atoms with Gasteiger partial charge < -0.3 is 10.6 Å². The van der Waals surface area contributed by atoms with Gasteiger partial charge in [0.25, 0.3) is 0 Å². The highest BCUT2D eigenvalue weighted by Gasteiger charge is 2.69. The lowest BCUT2D eigenvalue weighted by molar-refractivity contribution is -0.133. The van der Waals surface area contributed by atoms with Crippen molar-refractivity contribution in [3.63, 3.8) is 0 Å². The van der Waals surface area contributed by atoms with Gasteiger partial charge in [0.05, 0.1) is 0 Å². The van der Waals surface area contributed by atoms with Crippen LogP contribution in [0, 0.1) is 28.6 Å². The Morgan fingerprint density at radius 1 is 1.05 bits per heavy atom. The molecule has 2 aliphatic carbocycles. The molecule has 1 saturated heterocycles. The Bertz CT molecular complexity index is 388. The summed E-state index contributed by atoms with van der Waals surface area (Å²) in [6.07, 6.45) is 3.47. The number of fused-ring (bicyclic) bond motifs is 1. The molecule has 1 aliphatic heterocycles. The number of hydrogen-bond acceptors (Lipinski definition) is 2. The minimum Gasteiger partial charge on any atom is -0.342 e. The number of carbonyl (C=O) groups excluding carboxylic acids is 1. The first-order chi connectivity index (χ1) is 8.75. The van der Waals surface area contributed by atoms with Crippen LogP contribution in [0.2, 0.25) is 0 Å². The van der Waals surface area contributed by atoms with Crippen molar-refractivity contribution in [2.24, 2.45) is 34.3 Å². The molecule has 19 heavy (non-hydrogen) atoms. The Labute approximate surface area is 116 Å². The molecule has 0 aromatic carbocycles. The zero-order valence-electron chi connectivity index (χ0n) is 12.8. The van der Waals surface area contributed by atoms with Crippen LogP contribution in [0.4, 0.5) is 0 Å². The van der Waals surface area contributed by atoms with Gasteiger partial charge in [0.2, 0.25) is 5.91 Å². The second-order valence-electron chi connectivity index (χ2n) is 8.21. The van der Waals surface area contributed by atoms with Crippen molar-refractivity contribution < 1.29 is 4.79 Å². The molecule has 2 saturated carbocycles. The van der Waals surface area contributed by atoms with Gasteiger partial charge >= 0.3 is 0 Å². The van der Waals surface area contributed by atoms with Crippen LogP contribution in [-0.2, 0) is 4.79 Å². The minimum atomic E-state index is 0.161. The van der Waals surface area contributed by atoms with E-state index in [2.05, 4.69) is 32.6 Å². The van der Waals surface area contributed by atoms with Crippen LogP contribution in [0.5, 0.6) is 0 Å². The van der Waals surface area contributed by atoms with Gasteiger partial charge in [-0.25, -0.2) is 0 Å². The van der Waals surface area contributed by atoms with E-state index in [-0.39, 0.29) is 16.7 Å². The predicted octanol–water partition coefficient (Wildman–Crippen LogP) is 2.25. The number of likely N-dealkylation sites (tertiary alicyclic amines) is 1. The highest BCUT2D eigenvalue weighted by molar-refractivity contribution is 5.84. The molecule has 0 spiro atoms. The third-order valence-corrected chi connectivity index (χ3v) is 6.67. The van der Waals surface area contributed by atoms with Crippen LogP contribution < -0.4 is 5.73 Å². The van der Waals surface area contributed by atoms with Gasteiger partial charge in [-0.05, 0) is 41.9 Å². The summed E-state index contributed by atoms with van der Waals surface area (Å²) < 4.78 is 0. The first kappa shape index (κ1) is 13.4. The average molecular weight is 264 g/mol. The number of hydrogen-bond donors (Lipinski definition) is 1. The summed E-state index contributed by atoms with van der Waals surface area (Å²) in [5.41, 5.74) is 6.39. The molecule has 3 heteroatoms. The molecule has 1 amide bonds. The van der Waals surface area contributed by atoms with Gasteiger partial charge in [0, 0.05) is 25.0 Å². The second-order valence-corrected chi connectivity index (χ2v) is 8.21. The van der Waals surface area contributed by atoms with Crippen LogP contribution in [0.1, 0.15) is 47.0 Å². The number of rotatable bonds is 1. The van der Waals surface area contributed by atoms with Crippen molar-refractivity contribution in [2.45, 2.75) is 53.0 Å². The number of nitrogens with two attached hydrogens (primary N) is 1. The summed E-state index contributed by atoms with van der Waals surface area (Å²) in [6, 6.07) is 0.366. The van der Waals surface area contributed by atoms with Crippen LogP contribution >= 0.6 is 0 Å². The molecule has 0 aromatic heterocycles. The van der Waals surface area contributed by atoms with E-state index in [0.29, 0.717) is 23.8 Å². The smallest absolute Gasteiger partial charge is 0.226 e. The topological polar surface area (TPSA) is 46.3 Å². The first-order valence-corrected chi connectivity index (χ1v) is 7.79. The summed E-state index contributed by atoms with van der Waals surface area (Å²) >= 11 is 0. The average Bonchev–Trinajstić information content (AvgIpc) is 2.64. The summed E-state index contributed by atoms with van der Waals surface area (Å²) in [6.45, 7) is 10.9. The standard InChI is InChI=1S/C16H28N2O/c1-15(2)13(16(15,3)4)14(19)18-8-10-5-6-12(17)7-11(10)9-18/h10-13H,5-9,17H2,1-4H3/t10-,11+,12?/m1/s1. The Hall–Kier alpha value is -0.570. The number of amides is 1. The fourth-order valence-electron chi connectivity index (χ4n) is 4.64. The molecule has 1 heterocycles. The molecule has 2 N–H and O–H groups in total. The molecule has 3 atom stereocenters. The second kappa shape index (κ2) is 3.97. The summed E-state index contributed by atoms with van der Waals surface area (Å²) in [5.74, 6) is 2.00. The van der Waals surface area contributed by atoms with Gasteiger partial charge in [0.15, 0.2) is 0 Å². The molecular weight excluding hydrogens is 236 g/mol. The summed E-state index contributed by atoms with van der Waals surface area (Å²) in [5, 5.41) is 0. The SMILES string of the molecule is CC1(C)C(C(=O)N2C[C@H]3CCC(N)C[C@H]3C2)C1(C)C. The fourth-order valence-corrected chi connectivity index (χ4v) is 4.64. The van der Waals surface area contributed by atoms with E-state index in [1.54, 1.807) is 0 Å². The lowest BCUT2D eigenvalue weighted by Crippen LogP contribution is -2.33. The van der Waals surface area contributed by atoms with Crippen molar-refractivity contribution in [2.75, 3.05) is 13.1 Å². The van der Waals surface area contributed by atoms with E-state index in [4.69, 9.17) is 5.73 Å². The maximum Gasteiger partial charge on any atom is 0.226 e. The van der Waals surface area contributed by atoms with Crippen LogP contribution in [0.15, 0.2) is 0 Å². The van der Waals surface area contributed by atoms with E-state index in [9.17, 15) is 4.79 Å². The summed E-state index contributed by atoms with van der Waals surface area (Å²) in [7, 11) is 0. The van der Waals surface area contributed by atoms with Crippen molar-refractivity contribution in [1.29, 1.82) is 0 Å². The minimum absolute atomic E-state index is 0.161. The van der Waals surface area contributed by atoms with Gasteiger partial charge in [0.1, 0.15) is 0 Å². The largest absolute Gasteiger partial charge is 0.342 e. The maximum absolute atomic E-state index is 12.8. The molecule has 1 unspecified atom stereocenters. The predicted molar refractivity (Wildman–Crippen MR) is 76.4 cm³/mol. The molecule has 3 nitrogen and oxygen atoms in total. The Morgan fingerprint density at radius 2 is 1.63 bits per heavy atom. The quantitative estimate of drug-likeness (QED) is 0.789.